The van der Waals surface area contributed by atoms with Crippen LogP contribution in [0.1, 0.15) is 13.8 Å². The molecule has 3 nitrogen and oxygen atoms in total. The van der Waals surface area contributed by atoms with Crippen LogP contribution in [-0.4, -0.2) is 43.0 Å². The van der Waals surface area contributed by atoms with Crippen molar-refractivity contribution in [3.05, 3.63) is 0 Å². The van der Waals surface area contributed by atoms with E-state index in [1.807, 2.05) is 0 Å². The minimum absolute atomic E-state index is 0.576. The molecule has 0 aliphatic carbocycles. The van der Waals surface area contributed by atoms with Crippen molar-refractivity contribution in [3.8, 4) is 0 Å². The van der Waals surface area contributed by atoms with Crippen molar-refractivity contribution in [3.63, 3.8) is 0 Å². The van der Waals surface area contributed by atoms with E-state index in [4.69, 9.17) is 9.05 Å². The molecule has 0 saturated carbocycles. The summed E-state index contributed by atoms with van der Waals surface area (Å²) in [6.07, 6.45) is -6.11. The maximum Gasteiger partial charge on any atom is 0.380 e. The average molecular weight is 350 g/mol. The van der Waals surface area contributed by atoms with E-state index in [2.05, 4.69) is 4.52 Å². The summed E-state index contributed by atoms with van der Waals surface area (Å²) in [4.78, 5) is 0. The van der Waals surface area contributed by atoms with Crippen molar-refractivity contribution < 1.29 is 48.7 Å². The Morgan fingerprint density at radius 3 is 1.81 bits per heavy atom. The summed E-state index contributed by atoms with van der Waals surface area (Å²) in [6, 6.07) is 0. The molecule has 0 spiro atoms. The summed E-state index contributed by atoms with van der Waals surface area (Å²) in [5.41, 5.74) is 0. The Bertz CT molecular complexity index is 357. The molecule has 1 heterocycles. The molecule has 1 saturated heterocycles. The molecule has 0 radical (unpaired) electrons. The third kappa shape index (κ3) is 3.57. The molecular weight excluding hydrogens is 339 g/mol. The lowest BCUT2D eigenvalue weighted by molar-refractivity contribution is -0.342. The number of alkyl halides is 8. The van der Waals surface area contributed by atoms with E-state index in [0.717, 1.165) is 0 Å². The highest BCUT2D eigenvalue weighted by atomic mass is 31.2. The Balaban J connectivity index is 2.72. The first-order valence-corrected chi connectivity index (χ1v) is 6.60. The minimum Gasteiger partial charge on any atom is -0.306 e. The van der Waals surface area contributed by atoms with Crippen LogP contribution in [0.3, 0.4) is 0 Å². The lowest BCUT2D eigenvalue weighted by Crippen LogP contribution is -2.59. The Labute approximate surface area is 115 Å². The highest BCUT2D eigenvalue weighted by molar-refractivity contribution is 7.42. The Kier molecular flexibility index (Phi) is 5.46. The van der Waals surface area contributed by atoms with Crippen molar-refractivity contribution in [1.29, 1.82) is 0 Å². The quantitative estimate of drug-likeness (QED) is 0.530. The van der Waals surface area contributed by atoms with E-state index >= 15 is 0 Å². The van der Waals surface area contributed by atoms with E-state index in [0.29, 0.717) is 0 Å². The third-order valence-electron chi connectivity index (χ3n) is 2.67. The predicted molar refractivity (Wildman–Crippen MR) is 54.8 cm³/mol. The molecule has 0 amide bonds. The second-order valence-corrected chi connectivity index (χ2v) is 5.45. The fraction of sp³-hybridized carbons (Fsp3) is 1.00. The fourth-order valence-corrected chi connectivity index (χ4v) is 2.46. The summed E-state index contributed by atoms with van der Waals surface area (Å²) in [5.74, 6) is -18.0. The van der Waals surface area contributed by atoms with E-state index in [1.54, 1.807) is 0 Å². The highest BCUT2D eigenvalue weighted by Gasteiger charge is 2.75. The minimum atomic E-state index is -6.29. The van der Waals surface area contributed by atoms with Crippen molar-refractivity contribution in [2.24, 2.45) is 0 Å². The highest BCUT2D eigenvalue weighted by Crippen LogP contribution is 2.53. The normalized spacial score (nSPS) is 28.4. The molecule has 1 aliphatic heterocycles. The van der Waals surface area contributed by atoms with Gasteiger partial charge in [0.15, 0.2) is 0 Å². The zero-order chi connectivity index (χ0) is 16.6. The molecule has 2 unspecified atom stereocenters. The van der Waals surface area contributed by atoms with E-state index in [-0.39, 0.29) is 0 Å². The van der Waals surface area contributed by atoms with Gasteiger partial charge in [-0.05, 0) is 13.8 Å². The van der Waals surface area contributed by atoms with Crippen LogP contribution >= 0.6 is 8.60 Å². The summed E-state index contributed by atoms with van der Waals surface area (Å²) in [6.45, 7) is 0.718. The van der Waals surface area contributed by atoms with Crippen LogP contribution in [0.5, 0.6) is 0 Å². The summed E-state index contributed by atoms with van der Waals surface area (Å²) >= 11 is 0. The Morgan fingerprint density at radius 2 is 1.43 bits per heavy atom. The average Bonchev–Trinajstić information content (AvgIpc) is 2.66. The zero-order valence-corrected chi connectivity index (χ0v) is 11.5. The summed E-state index contributed by atoms with van der Waals surface area (Å²) < 4.78 is 115. The maximum atomic E-state index is 13.1. The van der Waals surface area contributed by atoms with Crippen LogP contribution in [0.15, 0.2) is 0 Å². The molecule has 0 aromatic carbocycles. The molecule has 0 N–H and O–H groups in total. The maximum absolute atomic E-state index is 13.1. The van der Waals surface area contributed by atoms with E-state index in [1.165, 1.54) is 13.8 Å². The van der Waals surface area contributed by atoms with Gasteiger partial charge in [0.25, 0.3) is 0 Å². The predicted octanol–water partition coefficient (Wildman–Crippen LogP) is 4.22. The van der Waals surface area contributed by atoms with Crippen molar-refractivity contribution in [2.75, 3.05) is 6.61 Å². The smallest absolute Gasteiger partial charge is 0.306 e. The van der Waals surface area contributed by atoms with Gasteiger partial charge in [-0.1, -0.05) is 0 Å². The molecule has 1 fully saturated rings. The van der Waals surface area contributed by atoms with Crippen molar-refractivity contribution >= 4 is 8.60 Å². The molecule has 0 aromatic heterocycles. The molecule has 0 aromatic rings. The topological polar surface area (TPSA) is 27.7 Å². The van der Waals surface area contributed by atoms with Crippen molar-refractivity contribution in [1.82, 2.24) is 0 Å². The number of hydrogen-bond donors (Lipinski definition) is 0. The Morgan fingerprint density at radius 1 is 1.00 bits per heavy atom. The van der Waals surface area contributed by atoms with Gasteiger partial charge in [0.2, 0.25) is 0 Å². The van der Waals surface area contributed by atoms with Crippen LogP contribution in [0.4, 0.5) is 35.1 Å². The number of rotatable bonds is 6. The monoisotopic (exact) mass is 350 g/mol. The van der Waals surface area contributed by atoms with Crippen LogP contribution in [0.25, 0.3) is 0 Å². The van der Waals surface area contributed by atoms with E-state index in [9.17, 15) is 35.1 Å². The van der Waals surface area contributed by atoms with Gasteiger partial charge < -0.3 is 13.6 Å². The molecule has 126 valence electrons. The molecule has 1 aliphatic rings. The number of halogens is 8. The van der Waals surface area contributed by atoms with Gasteiger partial charge in [0.05, 0.1) is 12.2 Å². The summed E-state index contributed by atoms with van der Waals surface area (Å²) in [7, 11) is -2.43. The first kappa shape index (κ1) is 18.8. The lowest BCUT2D eigenvalue weighted by atomic mass is 10.1. The van der Waals surface area contributed by atoms with E-state index < -0.39 is 51.6 Å². The molecular formula is C9H11F8O3P. The van der Waals surface area contributed by atoms with Crippen LogP contribution in [0.2, 0.25) is 0 Å². The largest absolute Gasteiger partial charge is 0.380 e. The van der Waals surface area contributed by atoms with Gasteiger partial charge in [-0.3, -0.25) is 0 Å². The third-order valence-corrected chi connectivity index (χ3v) is 4.02. The molecule has 1 rings (SSSR count). The van der Waals surface area contributed by atoms with Crippen LogP contribution in [-0.2, 0) is 13.6 Å². The van der Waals surface area contributed by atoms with Crippen LogP contribution < -0.4 is 0 Å². The summed E-state index contributed by atoms with van der Waals surface area (Å²) in [5, 5.41) is 0. The lowest BCUT2D eigenvalue weighted by Gasteiger charge is -2.32. The van der Waals surface area contributed by atoms with Crippen LogP contribution in [0, 0.1) is 0 Å². The van der Waals surface area contributed by atoms with Gasteiger partial charge in [0.1, 0.15) is 6.61 Å². The standard InChI is InChI=1S/C9H11F8O3P/c1-4-5(2)20-21(19-4)18-3-7(12,13)9(16,17)8(14,15)6(10)11/h4-6H,3H2,1-2H3. The fourth-order valence-electron chi connectivity index (χ4n) is 1.13. The first-order chi connectivity index (χ1) is 9.33. The Hall–Kier alpha value is -0.250. The van der Waals surface area contributed by atoms with Crippen molar-refractivity contribution in [2.45, 2.75) is 50.2 Å². The molecule has 12 heteroatoms. The van der Waals surface area contributed by atoms with Gasteiger partial charge in [-0.2, -0.15) is 26.3 Å². The van der Waals surface area contributed by atoms with Gasteiger partial charge in [0, 0.05) is 0 Å². The zero-order valence-electron chi connectivity index (χ0n) is 10.6. The molecule has 21 heavy (non-hydrogen) atoms. The number of hydrogen-bond acceptors (Lipinski definition) is 3. The molecule has 2 atom stereocenters. The second-order valence-electron chi connectivity index (χ2n) is 4.32. The van der Waals surface area contributed by atoms with Gasteiger partial charge >= 0.3 is 32.8 Å². The van der Waals surface area contributed by atoms with Gasteiger partial charge in [-0.25, -0.2) is 8.78 Å². The van der Waals surface area contributed by atoms with Gasteiger partial charge in [-0.15, -0.1) is 0 Å². The first-order valence-electron chi connectivity index (χ1n) is 5.51. The second kappa shape index (κ2) is 6.10. The molecule has 0 bridgehead atoms. The SMILES string of the molecule is CC1OP(OCC(F)(F)C(F)(F)C(F)(F)C(F)F)OC1C.